The molecule has 0 aromatic heterocycles. The van der Waals surface area contributed by atoms with Gasteiger partial charge in [0.05, 0.1) is 12.2 Å². The summed E-state index contributed by atoms with van der Waals surface area (Å²) in [5.41, 5.74) is 1.77. The first-order valence-corrected chi connectivity index (χ1v) is 6.75. The van der Waals surface area contributed by atoms with Crippen LogP contribution in [0.2, 0.25) is 0 Å². The zero-order chi connectivity index (χ0) is 12.3. The topological polar surface area (TPSA) is 38.3 Å². The minimum absolute atomic E-state index is 0.0229. The molecule has 92 valence electrons. The van der Waals surface area contributed by atoms with Crippen molar-refractivity contribution in [2.45, 2.75) is 26.2 Å². The molecule has 1 N–H and O–H groups in total. The Morgan fingerprint density at radius 2 is 2.29 bits per heavy atom. The molecule has 0 fully saturated rings. The summed E-state index contributed by atoms with van der Waals surface area (Å²) in [6.07, 6.45) is 2.95. The van der Waals surface area contributed by atoms with Crippen LogP contribution in [0, 0.1) is 0 Å². The molecule has 2 rings (SSSR count). The predicted octanol–water partition coefficient (Wildman–Crippen LogP) is 2.91. The van der Waals surface area contributed by atoms with Crippen LogP contribution in [-0.2, 0) is 6.42 Å². The molecule has 1 aromatic rings. The SMILES string of the molecule is CCCCOc1cc(Br)cc2c1C(=O)NCC2. The Hall–Kier alpha value is -1.03. The van der Waals surface area contributed by atoms with E-state index in [-0.39, 0.29) is 5.91 Å². The van der Waals surface area contributed by atoms with Gasteiger partial charge in [-0.1, -0.05) is 29.3 Å². The van der Waals surface area contributed by atoms with Crippen molar-refractivity contribution in [2.75, 3.05) is 13.2 Å². The van der Waals surface area contributed by atoms with Gasteiger partial charge in [-0.25, -0.2) is 0 Å². The van der Waals surface area contributed by atoms with Gasteiger partial charge < -0.3 is 10.1 Å². The summed E-state index contributed by atoms with van der Waals surface area (Å²) in [6.45, 7) is 3.48. The summed E-state index contributed by atoms with van der Waals surface area (Å²) in [5.74, 6) is 0.672. The number of carbonyl (C=O) groups is 1. The quantitative estimate of drug-likeness (QED) is 0.868. The zero-order valence-corrected chi connectivity index (χ0v) is 11.5. The second-order valence-electron chi connectivity index (χ2n) is 4.15. The van der Waals surface area contributed by atoms with E-state index in [0.29, 0.717) is 24.5 Å². The van der Waals surface area contributed by atoms with Crippen LogP contribution >= 0.6 is 15.9 Å². The molecule has 0 unspecified atom stereocenters. The van der Waals surface area contributed by atoms with Gasteiger partial charge in [-0.05, 0) is 30.5 Å². The van der Waals surface area contributed by atoms with Crippen LogP contribution < -0.4 is 10.1 Å². The van der Waals surface area contributed by atoms with E-state index >= 15 is 0 Å². The molecular weight excluding hydrogens is 282 g/mol. The van der Waals surface area contributed by atoms with Crippen LogP contribution in [0.25, 0.3) is 0 Å². The second-order valence-corrected chi connectivity index (χ2v) is 5.06. The molecule has 17 heavy (non-hydrogen) atoms. The van der Waals surface area contributed by atoms with E-state index in [9.17, 15) is 4.79 Å². The van der Waals surface area contributed by atoms with Crippen LogP contribution in [0.1, 0.15) is 35.7 Å². The highest BCUT2D eigenvalue weighted by atomic mass is 79.9. The molecule has 0 saturated heterocycles. The molecule has 1 aromatic carbocycles. The van der Waals surface area contributed by atoms with Crippen molar-refractivity contribution in [3.63, 3.8) is 0 Å². The number of halogens is 1. The molecule has 1 aliphatic heterocycles. The van der Waals surface area contributed by atoms with Crippen molar-refractivity contribution >= 4 is 21.8 Å². The number of amides is 1. The minimum atomic E-state index is -0.0229. The highest BCUT2D eigenvalue weighted by Crippen LogP contribution is 2.30. The molecule has 1 amide bonds. The molecule has 0 saturated carbocycles. The van der Waals surface area contributed by atoms with Crippen molar-refractivity contribution in [1.82, 2.24) is 5.32 Å². The maximum atomic E-state index is 11.8. The molecule has 0 aliphatic carbocycles. The molecule has 4 heteroatoms. The van der Waals surface area contributed by atoms with E-state index < -0.39 is 0 Å². The lowest BCUT2D eigenvalue weighted by atomic mass is 9.99. The van der Waals surface area contributed by atoms with Crippen molar-refractivity contribution < 1.29 is 9.53 Å². The number of hydrogen-bond donors (Lipinski definition) is 1. The lowest BCUT2D eigenvalue weighted by Crippen LogP contribution is -2.32. The van der Waals surface area contributed by atoms with E-state index in [1.807, 2.05) is 12.1 Å². The maximum Gasteiger partial charge on any atom is 0.255 e. The Bertz CT molecular complexity index is 432. The third-order valence-electron chi connectivity index (χ3n) is 2.81. The van der Waals surface area contributed by atoms with Gasteiger partial charge in [-0.2, -0.15) is 0 Å². The van der Waals surface area contributed by atoms with E-state index in [2.05, 4.69) is 28.2 Å². The fourth-order valence-corrected chi connectivity index (χ4v) is 2.41. The van der Waals surface area contributed by atoms with Gasteiger partial charge in [0.2, 0.25) is 0 Å². The van der Waals surface area contributed by atoms with Gasteiger partial charge in [0.25, 0.3) is 5.91 Å². The smallest absolute Gasteiger partial charge is 0.255 e. The molecule has 0 atom stereocenters. The molecule has 0 bridgehead atoms. The van der Waals surface area contributed by atoms with Crippen molar-refractivity contribution in [2.24, 2.45) is 0 Å². The first-order valence-electron chi connectivity index (χ1n) is 5.95. The molecule has 3 nitrogen and oxygen atoms in total. The Morgan fingerprint density at radius 1 is 1.47 bits per heavy atom. The average Bonchev–Trinajstić information content (AvgIpc) is 2.28. The van der Waals surface area contributed by atoms with Crippen molar-refractivity contribution in [1.29, 1.82) is 0 Å². The van der Waals surface area contributed by atoms with Crippen molar-refractivity contribution in [3.8, 4) is 5.75 Å². The summed E-state index contributed by atoms with van der Waals surface area (Å²) in [7, 11) is 0. The number of nitrogens with one attached hydrogen (secondary N) is 1. The highest BCUT2D eigenvalue weighted by Gasteiger charge is 2.22. The van der Waals surface area contributed by atoms with E-state index in [0.717, 1.165) is 29.3 Å². The van der Waals surface area contributed by atoms with Crippen LogP contribution in [-0.4, -0.2) is 19.1 Å². The predicted molar refractivity (Wildman–Crippen MR) is 70.6 cm³/mol. The summed E-state index contributed by atoms with van der Waals surface area (Å²) < 4.78 is 6.68. The number of carbonyl (C=O) groups excluding carboxylic acids is 1. The van der Waals surface area contributed by atoms with Gasteiger partial charge in [0.1, 0.15) is 5.75 Å². The third kappa shape index (κ3) is 2.80. The van der Waals surface area contributed by atoms with Gasteiger partial charge in [0, 0.05) is 11.0 Å². The number of ether oxygens (including phenoxy) is 1. The Balaban J connectivity index is 2.29. The monoisotopic (exact) mass is 297 g/mol. The summed E-state index contributed by atoms with van der Waals surface area (Å²) in [5, 5.41) is 2.85. The van der Waals surface area contributed by atoms with Crippen LogP contribution in [0.5, 0.6) is 5.75 Å². The van der Waals surface area contributed by atoms with Gasteiger partial charge in [-0.15, -0.1) is 0 Å². The van der Waals surface area contributed by atoms with E-state index in [1.54, 1.807) is 0 Å². The summed E-state index contributed by atoms with van der Waals surface area (Å²) in [4.78, 5) is 11.8. The average molecular weight is 298 g/mol. The van der Waals surface area contributed by atoms with Crippen LogP contribution in [0.3, 0.4) is 0 Å². The number of rotatable bonds is 4. The standard InChI is InChI=1S/C13H16BrNO2/c1-2-3-6-17-11-8-10(14)7-9-4-5-15-13(16)12(9)11/h7-8H,2-6H2,1H3,(H,15,16). The van der Waals surface area contributed by atoms with Gasteiger partial charge in [-0.3, -0.25) is 4.79 Å². The number of hydrogen-bond acceptors (Lipinski definition) is 2. The lowest BCUT2D eigenvalue weighted by Gasteiger charge is -2.20. The fraction of sp³-hybridized carbons (Fsp3) is 0.462. The fourth-order valence-electron chi connectivity index (χ4n) is 1.93. The molecule has 0 spiro atoms. The summed E-state index contributed by atoms with van der Waals surface area (Å²) >= 11 is 3.46. The van der Waals surface area contributed by atoms with E-state index in [4.69, 9.17) is 4.74 Å². The maximum absolute atomic E-state index is 11.8. The summed E-state index contributed by atoms with van der Waals surface area (Å²) in [6, 6.07) is 3.88. The molecule has 1 aliphatic rings. The van der Waals surface area contributed by atoms with E-state index in [1.165, 1.54) is 0 Å². The molecule has 1 heterocycles. The number of fused-ring (bicyclic) bond motifs is 1. The first-order chi connectivity index (χ1) is 8.22. The Labute approximate surface area is 110 Å². The van der Waals surface area contributed by atoms with Gasteiger partial charge in [0.15, 0.2) is 0 Å². The van der Waals surface area contributed by atoms with Crippen LogP contribution in [0.15, 0.2) is 16.6 Å². The highest BCUT2D eigenvalue weighted by molar-refractivity contribution is 9.10. The largest absolute Gasteiger partial charge is 0.493 e. The third-order valence-corrected chi connectivity index (χ3v) is 3.27. The Morgan fingerprint density at radius 3 is 3.06 bits per heavy atom. The van der Waals surface area contributed by atoms with Crippen LogP contribution in [0.4, 0.5) is 0 Å². The lowest BCUT2D eigenvalue weighted by molar-refractivity contribution is 0.0941. The van der Waals surface area contributed by atoms with Crippen molar-refractivity contribution in [3.05, 3.63) is 27.7 Å². The normalized spacial score (nSPS) is 14.1. The Kier molecular flexibility index (Phi) is 4.05. The minimum Gasteiger partial charge on any atom is -0.493 e. The second kappa shape index (κ2) is 5.54. The zero-order valence-electron chi connectivity index (χ0n) is 9.88. The number of benzene rings is 1. The first kappa shape index (κ1) is 12.4. The molecular formula is C13H16BrNO2. The number of unbranched alkanes of at least 4 members (excludes halogenated alkanes) is 1. The van der Waals surface area contributed by atoms with Gasteiger partial charge >= 0.3 is 0 Å². The molecule has 0 radical (unpaired) electrons.